The molecular formula is C12H14Cl2F2N2O. The number of rotatable bonds is 4. The molecule has 0 bridgehead atoms. The predicted octanol–water partition coefficient (Wildman–Crippen LogP) is 3.76. The summed E-state index contributed by atoms with van der Waals surface area (Å²) >= 11 is 11.8. The molecule has 3 nitrogen and oxygen atoms in total. The van der Waals surface area contributed by atoms with Crippen molar-refractivity contribution >= 4 is 28.9 Å². The molecule has 2 N–H and O–H groups in total. The molecule has 1 aliphatic heterocycles. The molecule has 1 aliphatic rings. The molecule has 0 saturated carbocycles. The lowest BCUT2D eigenvalue weighted by Gasteiger charge is -2.25. The van der Waals surface area contributed by atoms with Crippen LogP contribution in [0.1, 0.15) is 12.8 Å². The Hall–Kier alpha value is -0.780. The molecule has 1 unspecified atom stereocenters. The molecular weight excluding hydrogens is 297 g/mol. The van der Waals surface area contributed by atoms with Gasteiger partial charge in [-0.05, 0) is 31.5 Å². The first kappa shape index (κ1) is 14.6. The highest BCUT2D eigenvalue weighted by Gasteiger charge is 2.17. The molecule has 1 atom stereocenters. The Morgan fingerprint density at radius 1 is 1.32 bits per heavy atom. The third-order valence-electron chi connectivity index (χ3n) is 2.87. The van der Waals surface area contributed by atoms with Gasteiger partial charge in [0, 0.05) is 18.3 Å². The van der Waals surface area contributed by atoms with E-state index in [-0.39, 0.29) is 21.8 Å². The van der Waals surface area contributed by atoms with E-state index < -0.39 is 6.61 Å². The van der Waals surface area contributed by atoms with Gasteiger partial charge >= 0.3 is 6.61 Å². The van der Waals surface area contributed by atoms with E-state index in [0.717, 1.165) is 25.9 Å². The van der Waals surface area contributed by atoms with Crippen LogP contribution in [0, 0.1) is 0 Å². The maximum atomic E-state index is 12.2. The molecule has 2 rings (SSSR count). The minimum atomic E-state index is -2.95. The van der Waals surface area contributed by atoms with E-state index in [9.17, 15) is 8.78 Å². The zero-order valence-electron chi connectivity index (χ0n) is 10.1. The summed E-state index contributed by atoms with van der Waals surface area (Å²) in [5.74, 6) is -0.189. The zero-order chi connectivity index (χ0) is 13.8. The first-order valence-electron chi connectivity index (χ1n) is 5.97. The molecule has 1 aromatic rings. The summed E-state index contributed by atoms with van der Waals surface area (Å²) in [5.41, 5.74) is 0.699. The molecule has 1 aromatic carbocycles. The highest BCUT2D eigenvalue weighted by molar-refractivity contribution is 6.37. The lowest BCUT2D eigenvalue weighted by molar-refractivity contribution is -0.0497. The number of benzene rings is 1. The van der Waals surface area contributed by atoms with Crippen molar-refractivity contribution in [1.82, 2.24) is 5.32 Å². The minimum Gasteiger partial charge on any atom is -0.432 e. The van der Waals surface area contributed by atoms with Crippen LogP contribution >= 0.6 is 23.2 Å². The summed E-state index contributed by atoms with van der Waals surface area (Å²) in [6, 6.07) is 3.36. The number of alkyl halides is 2. The second-order valence-electron chi connectivity index (χ2n) is 4.34. The maximum Gasteiger partial charge on any atom is 0.387 e. The number of hydrogen-bond donors (Lipinski definition) is 2. The van der Waals surface area contributed by atoms with Gasteiger partial charge in [0.1, 0.15) is 0 Å². The molecule has 0 radical (unpaired) electrons. The fourth-order valence-electron chi connectivity index (χ4n) is 2.06. The average Bonchev–Trinajstić information content (AvgIpc) is 2.35. The fourth-order valence-corrected chi connectivity index (χ4v) is 2.63. The summed E-state index contributed by atoms with van der Waals surface area (Å²) in [7, 11) is 0. The third-order valence-corrected chi connectivity index (χ3v) is 3.43. The lowest BCUT2D eigenvalue weighted by atomic mass is 10.1. The first-order chi connectivity index (χ1) is 9.06. The number of hydrogen-bond acceptors (Lipinski definition) is 3. The van der Waals surface area contributed by atoms with Gasteiger partial charge in [-0.3, -0.25) is 0 Å². The maximum absolute atomic E-state index is 12.2. The molecule has 1 heterocycles. The van der Waals surface area contributed by atoms with Gasteiger partial charge in [0.05, 0.1) is 10.0 Å². The Labute approximate surface area is 120 Å². The number of anilines is 1. The SMILES string of the molecule is FC(F)Oc1c(Cl)cc(NC2CCCNC2)cc1Cl. The van der Waals surface area contributed by atoms with Gasteiger partial charge in [0.2, 0.25) is 0 Å². The van der Waals surface area contributed by atoms with Crippen molar-refractivity contribution in [3.8, 4) is 5.75 Å². The van der Waals surface area contributed by atoms with Crippen molar-refractivity contribution in [2.45, 2.75) is 25.5 Å². The summed E-state index contributed by atoms with van der Waals surface area (Å²) < 4.78 is 28.7. The predicted molar refractivity (Wildman–Crippen MR) is 72.6 cm³/mol. The van der Waals surface area contributed by atoms with Crippen LogP contribution in [-0.4, -0.2) is 25.7 Å². The number of ether oxygens (including phenoxy) is 1. The van der Waals surface area contributed by atoms with Gasteiger partial charge in [-0.15, -0.1) is 0 Å². The van der Waals surface area contributed by atoms with Crippen LogP contribution in [0.4, 0.5) is 14.5 Å². The van der Waals surface area contributed by atoms with Crippen molar-refractivity contribution in [2.75, 3.05) is 18.4 Å². The molecule has 1 fully saturated rings. The van der Waals surface area contributed by atoms with Gasteiger partial charge in [0.25, 0.3) is 0 Å². The second kappa shape index (κ2) is 6.59. The molecule has 19 heavy (non-hydrogen) atoms. The van der Waals surface area contributed by atoms with Crippen LogP contribution in [0.5, 0.6) is 5.75 Å². The van der Waals surface area contributed by atoms with Gasteiger partial charge in [-0.1, -0.05) is 23.2 Å². The summed E-state index contributed by atoms with van der Waals surface area (Å²) in [5, 5.41) is 6.68. The molecule has 0 amide bonds. The van der Waals surface area contributed by atoms with Gasteiger partial charge in [-0.2, -0.15) is 8.78 Å². The van der Waals surface area contributed by atoms with Crippen molar-refractivity contribution < 1.29 is 13.5 Å². The van der Waals surface area contributed by atoms with Crippen LogP contribution in [-0.2, 0) is 0 Å². The molecule has 7 heteroatoms. The first-order valence-corrected chi connectivity index (χ1v) is 6.73. The van der Waals surface area contributed by atoms with Gasteiger partial charge in [-0.25, -0.2) is 0 Å². The van der Waals surface area contributed by atoms with Gasteiger partial charge in [0.15, 0.2) is 5.75 Å². The Bertz CT molecular complexity index is 417. The summed E-state index contributed by atoms with van der Waals surface area (Å²) in [6.45, 7) is -1.08. The van der Waals surface area contributed by atoms with E-state index in [0.29, 0.717) is 5.69 Å². The minimum absolute atomic E-state index is 0.0686. The Morgan fingerprint density at radius 2 is 2.00 bits per heavy atom. The van der Waals surface area contributed by atoms with Crippen LogP contribution in [0.3, 0.4) is 0 Å². The van der Waals surface area contributed by atoms with Crippen LogP contribution in [0.15, 0.2) is 12.1 Å². The fraction of sp³-hybridized carbons (Fsp3) is 0.500. The normalized spacial score (nSPS) is 19.5. The standard InChI is InChI=1S/C12H14Cl2F2N2O/c13-9-4-8(18-7-2-1-3-17-6-7)5-10(14)11(9)19-12(15)16/h4-5,7,12,17-18H,1-3,6H2. The Morgan fingerprint density at radius 3 is 2.53 bits per heavy atom. The monoisotopic (exact) mass is 310 g/mol. The van der Waals surface area contributed by atoms with Crippen molar-refractivity contribution in [3.05, 3.63) is 22.2 Å². The number of nitrogens with one attached hydrogen (secondary N) is 2. The summed E-state index contributed by atoms with van der Waals surface area (Å²) in [4.78, 5) is 0. The zero-order valence-corrected chi connectivity index (χ0v) is 11.6. The molecule has 0 spiro atoms. The molecule has 0 aliphatic carbocycles. The van der Waals surface area contributed by atoms with E-state index in [1.165, 1.54) is 0 Å². The average molecular weight is 311 g/mol. The van der Waals surface area contributed by atoms with E-state index in [1.807, 2.05) is 0 Å². The van der Waals surface area contributed by atoms with Crippen LogP contribution in [0.25, 0.3) is 0 Å². The van der Waals surface area contributed by atoms with Crippen molar-refractivity contribution in [1.29, 1.82) is 0 Å². The van der Waals surface area contributed by atoms with Crippen molar-refractivity contribution in [2.24, 2.45) is 0 Å². The second-order valence-corrected chi connectivity index (χ2v) is 5.15. The van der Waals surface area contributed by atoms with E-state index in [1.54, 1.807) is 12.1 Å². The van der Waals surface area contributed by atoms with Crippen LogP contribution in [0.2, 0.25) is 10.0 Å². The molecule has 0 aromatic heterocycles. The Balaban J connectivity index is 2.10. The van der Waals surface area contributed by atoms with E-state index in [2.05, 4.69) is 15.4 Å². The number of piperidine rings is 1. The van der Waals surface area contributed by atoms with Gasteiger partial charge < -0.3 is 15.4 Å². The van der Waals surface area contributed by atoms with Crippen molar-refractivity contribution in [3.63, 3.8) is 0 Å². The lowest BCUT2D eigenvalue weighted by Crippen LogP contribution is -2.38. The summed E-state index contributed by atoms with van der Waals surface area (Å²) in [6.07, 6.45) is 2.13. The van der Waals surface area contributed by atoms with E-state index in [4.69, 9.17) is 23.2 Å². The smallest absolute Gasteiger partial charge is 0.387 e. The van der Waals surface area contributed by atoms with Crippen LogP contribution < -0.4 is 15.4 Å². The molecule has 1 saturated heterocycles. The highest BCUT2D eigenvalue weighted by Crippen LogP contribution is 2.37. The largest absolute Gasteiger partial charge is 0.432 e. The highest BCUT2D eigenvalue weighted by atomic mass is 35.5. The Kier molecular flexibility index (Phi) is 5.07. The molecule has 106 valence electrons. The topological polar surface area (TPSA) is 33.3 Å². The quantitative estimate of drug-likeness (QED) is 0.888. The number of halogens is 4. The van der Waals surface area contributed by atoms with E-state index >= 15 is 0 Å². The third kappa shape index (κ3) is 4.09.